The molecule has 25 heavy (non-hydrogen) atoms. The molecule has 1 N–H and O–H groups in total. The summed E-state index contributed by atoms with van der Waals surface area (Å²) in [5.74, 6) is -0.153. The van der Waals surface area contributed by atoms with Gasteiger partial charge in [-0.25, -0.2) is 0 Å². The molecule has 2 rings (SSSR count). The first-order chi connectivity index (χ1) is 11.7. The molecular formula is C18H24F3N3O. The van der Waals surface area contributed by atoms with Crippen molar-refractivity contribution in [3.63, 3.8) is 0 Å². The third kappa shape index (κ3) is 4.98. The van der Waals surface area contributed by atoms with E-state index < -0.39 is 11.7 Å². The molecule has 4 nitrogen and oxygen atoms in total. The molecule has 0 fully saturated rings. The zero-order chi connectivity index (χ0) is 18.6. The average Bonchev–Trinajstić information content (AvgIpc) is 2.94. The minimum Gasteiger partial charge on any atom is -0.490 e. The lowest BCUT2D eigenvalue weighted by atomic mass is 10.0. The minimum absolute atomic E-state index is 0.153. The summed E-state index contributed by atoms with van der Waals surface area (Å²) in [4.78, 5) is 2.10. The van der Waals surface area contributed by atoms with Gasteiger partial charge in [0.2, 0.25) is 0 Å². The highest BCUT2D eigenvalue weighted by Gasteiger charge is 2.35. The molecule has 138 valence electrons. The van der Waals surface area contributed by atoms with Crippen LogP contribution in [-0.2, 0) is 12.7 Å². The van der Waals surface area contributed by atoms with Crippen molar-refractivity contribution in [3.05, 3.63) is 35.7 Å². The van der Waals surface area contributed by atoms with Gasteiger partial charge in [-0.3, -0.25) is 5.10 Å². The van der Waals surface area contributed by atoms with Gasteiger partial charge in [0, 0.05) is 12.1 Å². The van der Waals surface area contributed by atoms with Crippen LogP contribution < -0.4 is 4.74 Å². The lowest BCUT2D eigenvalue weighted by Crippen LogP contribution is -2.19. The van der Waals surface area contributed by atoms with Crippen LogP contribution in [0.3, 0.4) is 0 Å². The van der Waals surface area contributed by atoms with Crippen LogP contribution in [0.5, 0.6) is 5.75 Å². The van der Waals surface area contributed by atoms with E-state index in [9.17, 15) is 13.2 Å². The number of benzene rings is 1. The fraction of sp³-hybridized carbons (Fsp3) is 0.500. The largest absolute Gasteiger partial charge is 0.490 e. The second-order valence-corrected chi connectivity index (χ2v) is 6.38. The van der Waals surface area contributed by atoms with E-state index >= 15 is 0 Å². The number of H-pyrrole nitrogens is 1. The SMILES string of the molecule is CCCN(C)Cc1[nH]ncc1-c1ccc(OC(C)C)c(C(F)(F)F)c1. The number of nitrogens with zero attached hydrogens (tertiary/aromatic N) is 2. The molecule has 0 saturated carbocycles. The first-order valence-electron chi connectivity index (χ1n) is 8.31. The number of aromatic nitrogens is 2. The molecule has 0 aliphatic rings. The van der Waals surface area contributed by atoms with Gasteiger partial charge in [-0.2, -0.15) is 18.3 Å². The second kappa shape index (κ2) is 7.91. The summed E-state index contributed by atoms with van der Waals surface area (Å²) in [5, 5.41) is 6.90. The van der Waals surface area contributed by atoms with Crippen LogP contribution in [0.15, 0.2) is 24.4 Å². The smallest absolute Gasteiger partial charge is 0.419 e. The van der Waals surface area contributed by atoms with Crippen LogP contribution in [0.25, 0.3) is 11.1 Å². The zero-order valence-corrected chi connectivity index (χ0v) is 14.9. The van der Waals surface area contributed by atoms with Gasteiger partial charge in [-0.05, 0) is 51.6 Å². The topological polar surface area (TPSA) is 41.2 Å². The zero-order valence-electron chi connectivity index (χ0n) is 14.9. The first kappa shape index (κ1) is 19.3. The number of hydrogen-bond acceptors (Lipinski definition) is 3. The van der Waals surface area contributed by atoms with E-state index in [1.165, 1.54) is 6.07 Å². The highest BCUT2D eigenvalue weighted by Crippen LogP contribution is 2.39. The fourth-order valence-electron chi connectivity index (χ4n) is 2.69. The monoisotopic (exact) mass is 355 g/mol. The lowest BCUT2D eigenvalue weighted by Gasteiger charge is -2.18. The van der Waals surface area contributed by atoms with E-state index in [0.717, 1.165) is 24.7 Å². The van der Waals surface area contributed by atoms with Gasteiger partial charge in [-0.1, -0.05) is 13.0 Å². The van der Waals surface area contributed by atoms with E-state index in [1.807, 2.05) is 7.05 Å². The van der Waals surface area contributed by atoms with Crippen LogP contribution in [0.2, 0.25) is 0 Å². The van der Waals surface area contributed by atoms with E-state index in [4.69, 9.17) is 4.74 Å². The van der Waals surface area contributed by atoms with Crippen molar-refractivity contribution in [1.82, 2.24) is 15.1 Å². The number of alkyl halides is 3. The summed E-state index contributed by atoms with van der Waals surface area (Å²) in [6.07, 6.45) is -2.25. The molecule has 1 aromatic carbocycles. The summed E-state index contributed by atoms with van der Waals surface area (Å²) < 4.78 is 45.6. The number of aromatic amines is 1. The van der Waals surface area contributed by atoms with Gasteiger partial charge in [-0.15, -0.1) is 0 Å². The van der Waals surface area contributed by atoms with Crippen molar-refractivity contribution >= 4 is 0 Å². The molecule has 7 heteroatoms. The van der Waals surface area contributed by atoms with Gasteiger partial charge in [0.05, 0.1) is 23.6 Å². The Morgan fingerprint density at radius 2 is 2.00 bits per heavy atom. The van der Waals surface area contributed by atoms with E-state index in [1.54, 1.807) is 26.1 Å². The molecule has 0 amide bonds. The van der Waals surface area contributed by atoms with Gasteiger partial charge in [0.1, 0.15) is 5.75 Å². The Labute approximate surface area is 146 Å². The lowest BCUT2D eigenvalue weighted by molar-refractivity contribution is -0.139. The van der Waals surface area contributed by atoms with Crippen LogP contribution in [0, 0.1) is 0 Å². The van der Waals surface area contributed by atoms with E-state index in [-0.39, 0.29) is 11.9 Å². The molecular weight excluding hydrogens is 331 g/mol. The van der Waals surface area contributed by atoms with Gasteiger partial charge >= 0.3 is 6.18 Å². The van der Waals surface area contributed by atoms with Crippen LogP contribution in [0.1, 0.15) is 38.4 Å². The van der Waals surface area contributed by atoms with E-state index in [2.05, 4.69) is 22.0 Å². The highest BCUT2D eigenvalue weighted by molar-refractivity contribution is 5.67. The molecule has 0 bridgehead atoms. The highest BCUT2D eigenvalue weighted by atomic mass is 19.4. The van der Waals surface area contributed by atoms with Crippen LogP contribution in [-0.4, -0.2) is 34.8 Å². The molecule has 2 aromatic rings. The predicted molar refractivity (Wildman–Crippen MR) is 91.4 cm³/mol. The predicted octanol–water partition coefficient (Wildman–Crippen LogP) is 4.72. The van der Waals surface area contributed by atoms with Crippen LogP contribution in [0.4, 0.5) is 13.2 Å². The Bertz CT molecular complexity index is 695. The number of ether oxygens (including phenoxy) is 1. The van der Waals surface area contributed by atoms with Crippen molar-refractivity contribution in [2.45, 2.75) is 46.0 Å². The minimum atomic E-state index is -4.48. The second-order valence-electron chi connectivity index (χ2n) is 6.38. The van der Waals surface area contributed by atoms with E-state index in [0.29, 0.717) is 17.7 Å². The maximum atomic E-state index is 13.4. The number of rotatable bonds is 7. The Morgan fingerprint density at radius 3 is 2.60 bits per heavy atom. The normalized spacial score (nSPS) is 12.2. The Morgan fingerprint density at radius 1 is 1.28 bits per heavy atom. The molecule has 0 unspecified atom stereocenters. The molecule has 1 aromatic heterocycles. The van der Waals surface area contributed by atoms with Gasteiger partial charge in [0.15, 0.2) is 0 Å². The molecule has 0 aliphatic heterocycles. The standard InChI is InChI=1S/C18H24F3N3O/c1-5-8-24(4)11-16-14(10-22-23-16)13-6-7-17(25-12(2)3)15(9-13)18(19,20)21/h6-7,9-10,12H,5,8,11H2,1-4H3,(H,22,23). The summed E-state index contributed by atoms with van der Waals surface area (Å²) in [5.41, 5.74) is 1.16. The van der Waals surface area contributed by atoms with Crippen molar-refractivity contribution < 1.29 is 17.9 Å². The summed E-state index contributed by atoms with van der Waals surface area (Å²) in [6, 6.07) is 4.15. The molecule has 0 aliphatic carbocycles. The molecule has 1 heterocycles. The van der Waals surface area contributed by atoms with Crippen molar-refractivity contribution in [2.24, 2.45) is 0 Å². The molecule has 0 atom stereocenters. The number of hydrogen-bond donors (Lipinski definition) is 1. The maximum Gasteiger partial charge on any atom is 0.419 e. The summed E-state index contributed by atoms with van der Waals surface area (Å²) in [7, 11) is 1.97. The van der Waals surface area contributed by atoms with Crippen molar-refractivity contribution in [2.75, 3.05) is 13.6 Å². The van der Waals surface area contributed by atoms with Crippen molar-refractivity contribution in [3.8, 4) is 16.9 Å². The molecule has 0 radical (unpaired) electrons. The van der Waals surface area contributed by atoms with Gasteiger partial charge < -0.3 is 9.64 Å². The Kier molecular flexibility index (Phi) is 6.11. The Balaban J connectivity index is 2.39. The average molecular weight is 355 g/mol. The fourth-order valence-corrected chi connectivity index (χ4v) is 2.69. The van der Waals surface area contributed by atoms with Crippen molar-refractivity contribution in [1.29, 1.82) is 0 Å². The maximum absolute atomic E-state index is 13.4. The summed E-state index contributed by atoms with van der Waals surface area (Å²) in [6.45, 7) is 6.97. The molecule has 0 saturated heterocycles. The Hall–Kier alpha value is -2.02. The number of halogens is 3. The quantitative estimate of drug-likeness (QED) is 0.781. The number of nitrogens with one attached hydrogen (secondary N) is 1. The molecule has 0 spiro atoms. The van der Waals surface area contributed by atoms with Crippen LogP contribution >= 0.6 is 0 Å². The van der Waals surface area contributed by atoms with Gasteiger partial charge in [0.25, 0.3) is 0 Å². The first-order valence-corrected chi connectivity index (χ1v) is 8.31. The third-order valence-corrected chi connectivity index (χ3v) is 3.71. The summed E-state index contributed by atoms with van der Waals surface area (Å²) >= 11 is 0. The third-order valence-electron chi connectivity index (χ3n) is 3.71.